The molecule has 1 saturated heterocycles. The molecule has 1 aliphatic heterocycles. The van der Waals surface area contributed by atoms with Gasteiger partial charge in [-0.25, -0.2) is 0 Å². The van der Waals surface area contributed by atoms with Crippen molar-refractivity contribution in [2.75, 3.05) is 13.2 Å². The summed E-state index contributed by atoms with van der Waals surface area (Å²) in [5, 5.41) is 0. The molecule has 1 aromatic carbocycles. The standard InChI is InChI=1S/C26H29BrO3/c1-25-15-21(16-2-5-18(27)6-3-16)24-19-10-11-26(29-12-13-30-26)14-17(19)4-7-20(24)22(25)8-9-23(25)28/h2-3,5-6,14,20-22H,4,7-13,15H2,1H3/t20?,21-,22?,25+/m1/s1. The third kappa shape index (κ3) is 2.79. The first kappa shape index (κ1) is 19.5. The van der Waals surface area contributed by atoms with E-state index < -0.39 is 5.79 Å². The van der Waals surface area contributed by atoms with Gasteiger partial charge < -0.3 is 9.47 Å². The molecule has 6 rings (SSSR count). The summed E-state index contributed by atoms with van der Waals surface area (Å²) in [5.41, 5.74) is 5.84. The SMILES string of the molecule is C[C@]12C[C@H](c3ccc(Br)cc3)C3=C4CCC5(C=C4CCC3C1CCC2=O)OCCO5. The second kappa shape index (κ2) is 6.88. The highest BCUT2D eigenvalue weighted by molar-refractivity contribution is 9.10. The Kier molecular flexibility index (Phi) is 4.46. The van der Waals surface area contributed by atoms with Crippen LogP contribution in [0.5, 0.6) is 0 Å². The second-order valence-corrected chi connectivity index (χ2v) is 11.0. The van der Waals surface area contributed by atoms with Crippen molar-refractivity contribution < 1.29 is 14.3 Å². The van der Waals surface area contributed by atoms with E-state index in [0.29, 0.717) is 36.8 Å². The van der Waals surface area contributed by atoms with Gasteiger partial charge in [0.1, 0.15) is 5.78 Å². The van der Waals surface area contributed by atoms with Crippen LogP contribution < -0.4 is 0 Å². The molecule has 2 unspecified atom stereocenters. The van der Waals surface area contributed by atoms with Gasteiger partial charge in [-0.15, -0.1) is 0 Å². The lowest BCUT2D eigenvalue weighted by Gasteiger charge is -2.50. The Morgan fingerprint density at radius 2 is 1.80 bits per heavy atom. The summed E-state index contributed by atoms with van der Waals surface area (Å²) in [6, 6.07) is 8.81. The first-order valence-electron chi connectivity index (χ1n) is 11.5. The summed E-state index contributed by atoms with van der Waals surface area (Å²) in [4.78, 5) is 13.0. The number of benzene rings is 1. The van der Waals surface area contributed by atoms with E-state index in [1.807, 2.05) is 0 Å². The van der Waals surface area contributed by atoms with E-state index in [0.717, 1.165) is 49.4 Å². The molecule has 2 saturated carbocycles. The van der Waals surface area contributed by atoms with Crippen LogP contribution in [0.4, 0.5) is 0 Å². The summed E-state index contributed by atoms with van der Waals surface area (Å²) in [7, 11) is 0. The number of ether oxygens (including phenoxy) is 2. The van der Waals surface area contributed by atoms with Gasteiger partial charge in [-0.1, -0.05) is 40.6 Å². The lowest BCUT2D eigenvalue weighted by Crippen LogP contribution is -2.44. The molecule has 5 aliphatic rings. The van der Waals surface area contributed by atoms with Gasteiger partial charge in [-0.05, 0) is 78.9 Å². The molecule has 4 aliphatic carbocycles. The molecule has 158 valence electrons. The van der Waals surface area contributed by atoms with Crippen LogP contribution >= 0.6 is 15.9 Å². The van der Waals surface area contributed by atoms with Crippen molar-refractivity contribution in [3.05, 3.63) is 57.1 Å². The van der Waals surface area contributed by atoms with Crippen LogP contribution in [0.25, 0.3) is 0 Å². The third-order valence-electron chi connectivity index (χ3n) is 8.65. The zero-order valence-electron chi connectivity index (χ0n) is 17.6. The summed E-state index contributed by atoms with van der Waals surface area (Å²) < 4.78 is 13.1. The Morgan fingerprint density at radius 3 is 2.57 bits per heavy atom. The Balaban J connectivity index is 1.50. The molecular formula is C26H29BrO3. The van der Waals surface area contributed by atoms with Crippen molar-refractivity contribution in [3.8, 4) is 0 Å². The van der Waals surface area contributed by atoms with Crippen LogP contribution in [0.3, 0.4) is 0 Å². The molecule has 30 heavy (non-hydrogen) atoms. The fourth-order valence-electron chi connectivity index (χ4n) is 7.25. The third-order valence-corrected chi connectivity index (χ3v) is 9.18. The number of Topliss-reactive ketones (excluding diaryl/α,β-unsaturated/α-hetero) is 1. The summed E-state index contributed by atoms with van der Waals surface area (Å²) >= 11 is 3.59. The Hall–Kier alpha value is -1.23. The normalized spacial score (nSPS) is 37.1. The second-order valence-electron chi connectivity index (χ2n) is 10.1. The maximum absolute atomic E-state index is 13.0. The molecule has 1 heterocycles. The van der Waals surface area contributed by atoms with E-state index in [1.54, 1.807) is 11.1 Å². The van der Waals surface area contributed by atoms with Crippen molar-refractivity contribution in [2.45, 2.75) is 63.6 Å². The number of carbonyl (C=O) groups is 1. The molecule has 3 nitrogen and oxygen atoms in total. The topological polar surface area (TPSA) is 35.5 Å². The number of allylic oxidation sites excluding steroid dienone is 3. The minimum absolute atomic E-state index is 0.165. The molecular weight excluding hydrogens is 440 g/mol. The van der Waals surface area contributed by atoms with E-state index in [2.05, 4.69) is 53.2 Å². The Morgan fingerprint density at radius 1 is 1.03 bits per heavy atom. The Labute approximate surface area is 187 Å². The molecule has 0 N–H and O–H groups in total. The maximum Gasteiger partial charge on any atom is 0.188 e. The van der Waals surface area contributed by atoms with Gasteiger partial charge in [-0.3, -0.25) is 4.79 Å². The smallest absolute Gasteiger partial charge is 0.188 e. The number of ketones is 1. The molecule has 0 aromatic heterocycles. The average molecular weight is 469 g/mol. The number of fused-ring (bicyclic) bond motifs is 4. The lowest BCUT2D eigenvalue weighted by molar-refractivity contribution is -0.128. The fourth-order valence-corrected chi connectivity index (χ4v) is 7.51. The highest BCUT2D eigenvalue weighted by Crippen LogP contribution is 2.63. The minimum atomic E-state index is -0.480. The van der Waals surface area contributed by atoms with Gasteiger partial charge in [-0.2, -0.15) is 0 Å². The molecule has 4 heteroatoms. The summed E-state index contributed by atoms with van der Waals surface area (Å²) in [5.74, 6) is 1.40. The Bertz CT molecular complexity index is 953. The monoisotopic (exact) mass is 468 g/mol. The van der Waals surface area contributed by atoms with Crippen molar-refractivity contribution in [1.82, 2.24) is 0 Å². The van der Waals surface area contributed by atoms with Gasteiger partial charge >= 0.3 is 0 Å². The van der Waals surface area contributed by atoms with Crippen LogP contribution in [0.2, 0.25) is 0 Å². The van der Waals surface area contributed by atoms with Gasteiger partial charge in [0.05, 0.1) is 13.2 Å². The first-order valence-corrected chi connectivity index (χ1v) is 12.3. The van der Waals surface area contributed by atoms with Gasteiger partial charge in [0.25, 0.3) is 0 Å². The van der Waals surface area contributed by atoms with E-state index in [4.69, 9.17) is 9.47 Å². The molecule has 0 radical (unpaired) electrons. The van der Waals surface area contributed by atoms with E-state index in [1.165, 1.54) is 11.1 Å². The molecule has 3 fully saturated rings. The van der Waals surface area contributed by atoms with Crippen molar-refractivity contribution in [1.29, 1.82) is 0 Å². The van der Waals surface area contributed by atoms with E-state index >= 15 is 0 Å². The van der Waals surface area contributed by atoms with E-state index in [-0.39, 0.29) is 5.41 Å². The maximum atomic E-state index is 13.0. The average Bonchev–Trinajstić information content (AvgIpc) is 3.32. The zero-order valence-corrected chi connectivity index (χ0v) is 19.2. The minimum Gasteiger partial charge on any atom is -0.344 e. The molecule has 1 spiro atoms. The molecule has 0 amide bonds. The van der Waals surface area contributed by atoms with Gasteiger partial charge in [0.2, 0.25) is 0 Å². The quantitative estimate of drug-likeness (QED) is 0.499. The summed E-state index contributed by atoms with van der Waals surface area (Å²) in [6.45, 7) is 3.66. The first-order chi connectivity index (χ1) is 14.5. The number of rotatable bonds is 1. The van der Waals surface area contributed by atoms with Crippen molar-refractivity contribution in [2.24, 2.45) is 17.3 Å². The van der Waals surface area contributed by atoms with Gasteiger partial charge in [0.15, 0.2) is 5.79 Å². The predicted octanol–water partition coefficient (Wildman–Crippen LogP) is 6.09. The van der Waals surface area contributed by atoms with Gasteiger partial charge in [0, 0.05) is 28.6 Å². The molecule has 4 atom stereocenters. The lowest BCUT2D eigenvalue weighted by atomic mass is 9.53. The zero-order chi connectivity index (χ0) is 20.5. The molecule has 0 bridgehead atoms. The van der Waals surface area contributed by atoms with Crippen molar-refractivity contribution >= 4 is 21.7 Å². The predicted molar refractivity (Wildman–Crippen MR) is 119 cm³/mol. The van der Waals surface area contributed by atoms with Crippen LogP contribution in [-0.2, 0) is 14.3 Å². The fraction of sp³-hybridized carbons (Fsp3) is 0.577. The van der Waals surface area contributed by atoms with Crippen LogP contribution in [0.1, 0.15) is 63.4 Å². The van der Waals surface area contributed by atoms with Crippen LogP contribution in [-0.4, -0.2) is 24.8 Å². The molecule has 1 aromatic rings. The van der Waals surface area contributed by atoms with Crippen molar-refractivity contribution in [3.63, 3.8) is 0 Å². The number of carbonyl (C=O) groups excluding carboxylic acids is 1. The van der Waals surface area contributed by atoms with Crippen LogP contribution in [0.15, 0.2) is 51.5 Å². The summed E-state index contributed by atoms with van der Waals surface area (Å²) in [6.07, 6.45) is 9.28. The number of hydrogen-bond donors (Lipinski definition) is 0. The van der Waals surface area contributed by atoms with E-state index in [9.17, 15) is 4.79 Å². The highest BCUT2D eigenvalue weighted by Gasteiger charge is 2.56. The van der Waals surface area contributed by atoms with Crippen LogP contribution in [0, 0.1) is 17.3 Å². The number of halogens is 1. The highest BCUT2D eigenvalue weighted by atomic mass is 79.9. The number of hydrogen-bond acceptors (Lipinski definition) is 3. The largest absolute Gasteiger partial charge is 0.344 e.